The predicted molar refractivity (Wildman–Crippen MR) is 75.1 cm³/mol. The van der Waals surface area contributed by atoms with Crippen LogP contribution in [0.1, 0.15) is 77.0 Å². The topological polar surface area (TPSA) is 20.2 Å². The van der Waals surface area contributed by atoms with Crippen LogP contribution >= 0.6 is 0 Å². The van der Waals surface area contributed by atoms with E-state index in [1.54, 1.807) is 0 Å². The van der Waals surface area contributed by atoms with Crippen LogP contribution in [0.2, 0.25) is 0 Å². The van der Waals surface area contributed by atoms with Gasteiger partial charge in [0.25, 0.3) is 0 Å². The molecular weight excluding hydrogens is 208 g/mol. The van der Waals surface area contributed by atoms with E-state index in [1.165, 1.54) is 64.2 Å². The minimum atomic E-state index is -0.0307. The predicted octanol–water partition coefficient (Wildman–Crippen LogP) is 4.84. The Labute approximate surface area is 107 Å². The number of hydrogen-bond acceptors (Lipinski definition) is 1. The van der Waals surface area contributed by atoms with Crippen molar-refractivity contribution in [3.63, 3.8) is 0 Å². The van der Waals surface area contributed by atoms with Gasteiger partial charge in [-0.25, -0.2) is 0 Å². The van der Waals surface area contributed by atoms with Crippen molar-refractivity contribution in [2.45, 2.75) is 83.2 Å². The van der Waals surface area contributed by atoms with Crippen molar-refractivity contribution in [3.8, 4) is 0 Å². The molecule has 0 spiro atoms. The van der Waals surface area contributed by atoms with Crippen LogP contribution in [-0.4, -0.2) is 11.2 Å². The number of rotatable bonds is 7. The maximum Gasteiger partial charge on any atom is 0.0568 e. The van der Waals surface area contributed by atoms with E-state index in [0.717, 1.165) is 12.8 Å². The first kappa shape index (κ1) is 14.8. The lowest BCUT2D eigenvalue weighted by Gasteiger charge is -2.24. The number of allylic oxidation sites excluding steroid dienone is 1. The van der Waals surface area contributed by atoms with Crippen molar-refractivity contribution in [2.75, 3.05) is 0 Å². The van der Waals surface area contributed by atoms with Gasteiger partial charge in [0.15, 0.2) is 0 Å². The molecule has 0 radical (unpaired) electrons. The Morgan fingerprint density at radius 2 is 1.65 bits per heavy atom. The Balaban J connectivity index is 2.11. The lowest BCUT2D eigenvalue weighted by Crippen LogP contribution is -2.21. The standard InChI is InChI=1S/C16H30O/c1-2-3-4-6-11-14-16(17)15-12-9-7-5-8-10-13-15/h2,15-17H,1,3-14H2. The van der Waals surface area contributed by atoms with E-state index >= 15 is 0 Å². The molecule has 1 rings (SSSR count). The number of hydrogen-bond donors (Lipinski definition) is 1. The van der Waals surface area contributed by atoms with Gasteiger partial charge in [-0.15, -0.1) is 6.58 Å². The first-order valence-corrected chi connectivity index (χ1v) is 7.63. The molecule has 0 bridgehead atoms. The van der Waals surface area contributed by atoms with Gasteiger partial charge in [-0.3, -0.25) is 0 Å². The summed E-state index contributed by atoms with van der Waals surface area (Å²) in [5, 5.41) is 10.2. The molecule has 0 heterocycles. The molecule has 1 unspecified atom stereocenters. The van der Waals surface area contributed by atoms with Crippen molar-refractivity contribution in [3.05, 3.63) is 12.7 Å². The van der Waals surface area contributed by atoms with Gasteiger partial charge in [-0.05, 0) is 38.0 Å². The SMILES string of the molecule is C=CCCCCCC(O)C1CCCCCCC1. The van der Waals surface area contributed by atoms with Crippen LogP contribution in [-0.2, 0) is 0 Å². The molecule has 0 aromatic carbocycles. The molecule has 1 fully saturated rings. The normalized spacial score (nSPS) is 20.5. The second kappa shape index (κ2) is 9.70. The average molecular weight is 238 g/mol. The highest BCUT2D eigenvalue weighted by Crippen LogP contribution is 2.27. The number of aliphatic hydroxyl groups is 1. The Bertz CT molecular complexity index is 180. The third-order valence-electron chi connectivity index (χ3n) is 4.10. The van der Waals surface area contributed by atoms with Gasteiger partial charge in [0.1, 0.15) is 0 Å². The minimum Gasteiger partial charge on any atom is -0.393 e. The van der Waals surface area contributed by atoms with E-state index in [0.29, 0.717) is 5.92 Å². The van der Waals surface area contributed by atoms with Crippen LogP contribution in [0.4, 0.5) is 0 Å². The van der Waals surface area contributed by atoms with Crippen LogP contribution in [0.3, 0.4) is 0 Å². The zero-order valence-corrected chi connectivity index (χ0v) is 11.4. The monoisotopic (exact) mass is 238 g/mol. The summed E-state index contributed by atoms with van der Waals surface area (Å²) in [4.78, 5) is 0. The molecule has 1 heteroatoms. The van der Waals surface area contributed by atoms with Gasteiger partial charge in [0, 0.05) is 0 Å². The fourth-order valence-corrected chi connectivity index (χ4v) is 2.93. The third-order valence-corrected chi connectivity index (χ3v) is 4.10. The Kier molecular flexibility index (Phi) is 8.42. The third kappa shape index (κ3) is 6.88. The van der Waals surface area contributed by atoms with E-state index in [1.807, 2.05) is 6.08 Å². The van der Waals surface area contributed by atoms with Gasteiger partial charge in [-0.2, -0.15) is 0 Å². The van der Waals surface area contributed by atoms with Gasteiger partial charge in [0.2, 0.25) is 0 Å². The summed E-state index contributed by atoms with van der Waals surface area (Å²) >= 11 is 0. The fourth-order valence-electron chi connectivity index (χ4n) is 2.93. The molecule has 1 atom stereocenters. The van der Waals surface area contributed by atoms with Crippen molar-refractivity contribution in [1.29, 1.82) is 0 Å². The Morgan fingerprint density at radius 3 is 2.29 bits per heavy atom. The lowest BCUT2D eigenvalue weighted by molar-refractivity contribution is 0.0807. The molecular formula is C16H30O. The van der Waals surface area contributed by atoms with E-state index < -0.39 is 0 Å². The highest BCUT2D eigenvalue weighted by atomic mass is 16.3. The van der Waals surface area contributed by atoms with Gasteiger partial charge in [0.05, 0.1) is 6.10 Å². The van der Waals surface area contributed by atoms with Crippen LogP contribution in [0.15, 0.2) is 12.7 Å². The molecule has 100 valence electrons. The average Bonchev–Trinajstić information content (AvgIpc) is 2.28. The molecule has 17 heavy (non-hydrogen) atoms. The van der Waals surface area contributed by atoms with Crippen LogP contribution in [0, 0.1) is 5.92 Å². The van der Waals surface area contributed by atoms with Crippen molar-refractivity contribution < 1.29 is 5.11 Å². The zero-order chi connectivity index (χ0) is 12.3. The molecule has 1 nitrogen and oxygen atoms in total. The zero-order valence-electron chi connectivity index (χ0n) is 11.4. The molecule has 1 N–H and O–H groups in total. The molecule has 0 aromatic rings. The lowest BCUT2D eigenvalue weighted by atomic mass is 9.85. The summed E-state index contributed by atoms with van der Waals surface area (Å²) < 4.78 is 0. The largest absolute Gasteiger partial charge is 0.393 e. The summed E-state index contributed by atoms with van der Waals surface area (Å²) in [6, 6.07) is 0. The van der Waals surface area contributed by atoms with Crippen LogP contribution in [0.5, 0.6) is 0 Å². The van der Waals surface area contributed by atoms with E-state index in [9.17, 15) is 5.11 Å². The second-order valence-electron chi connectivity index (χ2n) is 5.60. The molecule has 1 aliphatic rings. The molecule has 1 saturated carbocycles. The van der Waals surface area contributed by atoms with Crippen LogP contribution in [0.25, 0.3) is 0 Å². The van der Waals surface area contributed by atoms with Gasteiger partial charge in [-0.1, -0.05) is 51.0 Å². The van der Waals surface area contributed by atoms with E-state index in [-0.39, 0.29) is 6.10 Å². The van der Waals surface area contributed by atoms with Crippen molar-refractivity contribution in [1.82, 2.24) is 0 Å². The van der Waals surface area contributed by atoms with Crippen molar-refractivity contribution in [2.24, 2.45) is 5.92 Å². The smallest absolute Gasteiger partial charge is 0.0568 e. The summed E-state index contributed by atoms with van der Waals surface area (Å²) in [6.07, 6.45) is 17.1. The molecule has 0 aromatic heterocycles. The summed E-state index contributed by atoms with van der Waals surface area (Å²) in [7, 11) is 0. The number of unbranched alkanes of at least 4 members (excludes halogenated alkanes) is 3. The summed E-state index contributed by atoms with van der Waals surface area (Å²) in [5.41, 5.74) is 0. The fraction of sp³-hybridized carbons (Fsp3) is 0.875. The Hall–Kier alpha value is -0.300. The number of aliphatic hydroxyl groups excluding tert-OH is 1. The van der Waals surface area contributed by atoms with E-state index in [4.69, 9.17) is 0 Å². The molecule has 1 aliphatic carbocycles. The Morgan fingerprint density at radius 1 is 1.00 bits per heavy atom. The van der Waals surface area contributed by atoms with Crippen LogP contribution < -0.4 is 0 Å². The highest BCUT2D eigenvalue weighted by molar-refractivity contribution is 4.72. The molecule has 0 aliphatic heterocycles. The summed E-state index contributed by atoms with van der Waals surface area (Å²) in [6.45, 7) is 3.74. The molecule has 0 amide bonds. The quantitative estimate of drug-likeness (QED) is 0.497. The van der Waals surface area contributed by atoms with E-state index in [2.05, 4.69) is 6.58 Å². The maximum absolute atomic E-state index is 10.2. The van der Waals surface area contributed by atoms with Gasteiger partial charge < -0.3 is 5.11 Å². The molecule has 0 saturated heterocycles. The second-order valence-corrected chi connectivity index (χ2v) is 5.60. The highest BCUT2D eigenvalue weighted by Gasteiger charge is 2.19. The summed E-state index contributed by atoms with van der Waals surface area (Å²) in [5.74, 6) is 0.592. The van der Waals surface area contributed by atoms with Gasteiger partial charge >= 0.3 is 0 Å². The first-order chi connectivity index (χ1) is 8.34. The minimum absolute atomic E-state index is 0.0307. The maximum atomic E-state index is 10.2. The first-order valence-electron chi connectivity index (χ1n) is 7.63. The van der Waals surface area contributed by atoms with Crippen molar-refractivity contribution >= 4 is 0 Å².